The fourth-order valence-electron chi connectivity index (χ4n) is 5.58. The minimum atomic E-state index is -0.259. The molecule has 8 nitrogen and oxygen atoms in total. The van der Waals surface area contributed by atoms with E-state index in [4.69, 9.17) is 14.2 Å². The van der Waals surface area contributed by atoms with Crippen molar-refractivity contribution in [2.45, 2.75) is 31.2 Å². The standard InChI is InChI=1S/C29H34N4O4/c1-35-23-16-25(37-3)24(36-2)15-20(23)22-14-21(29(34)30-17-18-10-6-4-7-11-18)26-27(32-33-28(26)31-22)19-12-8-5-9-13-19/h4-13,15-16,21-22,26-28,31-33H,14,17H2,1-3H3,(H,30,34). The molecule has 37 heavy (non-hydrogen) atoms. The van der Waals surface area contributed by atoms with Crippen molar-refractivity contribution in [2.24, 2.45) is 11.8 Å². The van der Waals surface area contributed by atoms with Crippen LogP contribution < -0.4 is 35.7 Å². The molecule has 194 valence electrons. The Morgan fingerprint density at radius 2 is 1.51 bits per heavy atom. The van der Waals surface area contributed by atoms with Crippen molar-refractivity contribution in [3.05, 3.63) is 89.5 Å². The van der Waals surface area contributed by atoms with Crippen LogP contribution in [0.3, 0.4) is 0 Å². The highest BCUT2D eigenvalue weighted by molar-refractivity contribution is 5.79. The third-order valence-corrected chi connectivity index (χ3v) is 7.42. The molecule has 0 saturated carbocycles. The molecule has 0 bridgehead atoms. The molecule has 3 aromatic carbocycles. The predicted molar refractivity (Wildman–Crippen MR) is 141 cm³/mol. The molecule has 0 spiro atoms. The van der Waals surface area contributed by atoms with Crippen LogP contribution in [-0.4, -0.2) is 33.4 Å². The molecule has 5 atom stereocenters. The van der Waals surface area contributed by atoms with Gasteiger partial charge >= 0.3 is 0 Å². The van der Waals surface area contributed by atoms with E-state index in [1.165, 1.54) is 0 Å². The number of carbonyl (C=O) groups is 1. The molecule has 3 aromatic rings. The average Bonchev–Trinajstić information content (AvgIpc) is 3.39. The van der Waals surface area contributed by atoms with Gasteiger partial charge in [-0.25, -0.2) is 10.9 Å². The number of hydrogen-bond donors (Lipinski definition) is 4. The van der Waals surface area contributed by atoms with Gasteiger partial charge in [0.15, 0.2) is 11.5 Å². The van der Waals surface area contributed by atoms with Crippen molar-refractivity contribution >= 4 is 5.91 Å². The number of benzene rings is 3. The maximum absolute atomic E-state index is 13.8. The Labute approximate surface area is 217 Å². The molecule has 0 aromatic heterocycles. The lowest BCUT2D eigenvalue weighted by molar-refractivity contribution is -0.129. The Hall–Kier alpha value is -3.59. The van der Waals surface area contributed by atoms with Crippen molar-refractivity contribution in [1.29, 1.82) is 0 Å². The molecular weight excluding hydrogens is 468 g/mol. The van der Waals surface area contributed by atoms with E-state index >= 15 is 0 Å². The quantitative estimate of drug-likeness (QED) is 0.375. The monoisotopic (exact) mass is 502 g/mol. The fraction of sp³-hybridized carbons (Fsp3) is 0.345. The van der Waals surface area contributed by atoms with Gasteiger partial charge in [-0.3, -0.25) is 10.1 Å². The molecule has 2 heterocycles. The van der Waals surface area contributed by atoms with Gasteiger partial charge in [-0.1, -0.05) is 60.7 Å². The van der Waals surface area contributed by atoms with Gasteiger partial charge in [0.25, 0.3) is 0 Å². The van der Waals surface area contributed by atoms with E-state index in [0.29, 0.717) is 30.2 Å². The summed E-state index contributed by atoms with van der Waals surface area (Å²) in [5, 5.41) is 6.92. The number of hydrogen-bond acceptors (Lipinski definition) is 7. The van der Waals surface area contributed by atoms with Crippen LogP contribution >= 0.6 is 0 Å². The summed E-state index contributed by atoms with van der Waals surface area (Å²) in [6.45, 7) is 0.488. The van der Waals surface area contributed by atoms with E-state index in [1.54, 1.807) is 21.3 Å². The maximum atomic E-state index is 13.8. The highest BCUT2D eigenvalue weighted by Gasteiger charge is 2.49. The zero-order valence-corrected chi connectivity index (χ0v) is 21.4. The Morgan fingerprint density at radius 3 is 2.19 bits per heavy atom. The van der Waals surface area contributed by atoms with Crippen LogP contribution in [0.2, 0.25) is 0 Å². The first kappa shape index (κ1) is 25.1. The van der Waals surface area contributed by atoms with Crippen LogP contribution in [0.1, 0.15) is 35.2 Å². The van der Waals surface area contributed by atoms with Crippen LogP contribution in [0.25, 0.3) is 0 Å². The van der Waals surface area contributed by atoms with E-state index in [-0.39, 0.29) is 36.0 Å². The predicted octanol–water partition coefficient (Wildman–Crippen LogP) is 3.47. The summed E-state index contributed by atoms with van der Waals surface area (Å²) in [5.74, 6) is 1.68. The summed E-state index contributed by atoms with van der Waals surface area (Å²) in [5.41, 5.74) is 10.0. The van der Waals surface area contributed by atoms with Crippen LogP contribution in [0.4, 0.5) is 0 Å². The number of hydrazine groups is 1. The molecule has 5 rings (SSSR count). The van der Waals surface area contributed by atoms with Crippen molar-refractivity contribution in [1.82, 2.24) is 21.5 Å². The first-order valence-corrected chi connectivity index (χ1v) is 12.6. The van der Waals surface area contributed by atoms with Crippen molar-refractivity contribution in [3.8, 4) is 17.2 Å². The number of fused-ring (bicyclic) bond motifs is 1. The second-order valence-corrected chi connectivity index (χ2v) is 9.45. The van der Waals surface area contributed by atoms with Gasteiger partial charge in [0, 0.05) is 36.1 Å². The highest BCUT2D eigenvalue weighted by Crippen LogP contribution is 2.46. The number of nitrogens with one attached hydrogen (secondary N) is 4. The van der Waals surface area contributed by atoms with Crippen molar-refractivity contribution < 1.29 is 19.0 Å². The average molecular weight is 503 g/mol. The van der Waals surface area contributed by atoms with E-state index in [1.807, 2.05) is 60.7 Å². The van der Waals surface area contributed by atoms with Crippen molar-refractivity contribution in [3.63, 3.8) is 0 Å². The molecule has 1 amide bonds. The molecule has 2 fully saturated rings. The Morgan fingerprint density at radius 1 is 0.865 bits per heavy atom. The summed E-state index contributed by atoms with van der Waals surface area (Å²) in [6.07, 6.45) is 0.467. The molecule has 8 heteroatoms. The number of rotatable bonds is 8. The number of piperidine rings is 1. The van der Waals surface area contributed by atoms with Crippen LogP contribution in [0.5, 0.6) is 17.2 Å². The van der Waals surface area contributed by atoms with Gasteiger partial charge in [-0.2, -0.15) is 0 Å². The topological polar surface area (TPSA) is 92.9 Å². The zero-order valence-electron chi connectivity index (χ0n) is 21.4. The molecule has 2 aliphatic rings. The van der Waals surface area contributed by atoms with Crippen LogP contribution in [-0.2, 0) is 11.3 Å². The second kappa shape index (κ2) is 11.2. The maximum Gasteiger partial charge on any atom is 0.223 e. The SMILES string of the molecule is COc1cc(OC)c(C2CC(C(=O)NCc3ccccc3)C3C(NNC3c3ccccc3)N2)cc1OC. The van der Waals surface area contributed by atoms with Gasteiger partial charge < -0.3 is 19.5 Å². The summed E-state index contributed by atoms with van der Waals surface area (Å²) in [6, 6.07) is 23.9. The lowest BCUT2D eigenvalue weighted by Gasteiger charge is -2.40. The second-order valence-electron chi connectivity index (χ2n) is 9.45. The largest absolute Gasteiger partial charge is 0.496 e. The minimum Gasteiger partial charge on any atom is -0.496 e. The van der Waals surface area contributed by atoms with Gasteiger partial charge in [-0.15, -0.1) is 0 Å². The third-order valence-electron chi connectivity index (χ3n) is 7.42. The number of amides is 1. The smallest absolute Gasteiger partial charge is 0.223 e. The molecule has 2 saturated heterocycles. The highest BCUT2D eigenvalue weighted by atomic mass is 16.5. The lowest BCUT2D eigenvalue weighted by Crippen LogP contribution is -2.54. The normalized spacial score (nSPS) is 24.7. The first-order chi connectivity index (χ1) is 18.1. The molecular formula is C29H34N4O4. The minimum absolute atomic E-state index is 0.000521. The van der Waals surface area contributed by atoms with E-state index < -0.39 is 0 Å². The van der Waals surface area contributed by atoms with Crippen LogP contribution in [0, 0.1) is 11.8 Å². The van der Waals surface area contributed by atoms with E-state index in [9.17, 15) is 4.79 Å². The third kappa shape index (κ3) is 5.13. The lowest BCUT2D eigenvalue weighted by atomic mass is 9.74. The Balaban J connectivity index is 1.47. The first-order valence-electron chi connectivity index (χ1n) is 12.6. The van der Waals surface area contributed by atoms with E-state index in [2.05, 4.69) is 33.6 Å². The Bertz CT molecular complexity index is 1210. The molecule has 0 radical (unpaired) electrons. The molecule has 2 aliphatic heterocycles. The summed E-state index contributed by atoms with van der Waals surface area (Å²) >= 11 is 0. The van der Waals surface area contributed by atoms with Gasteiger partial charge in [0.05, 0.1) is 33.5 Å². The fourth-order valence-corrected chi connectivity index (χ4v) is 5.58. The van der Waals surface area contributed by atoms with E-state index in [0.717, 1.165) is 16.7 Å². The Kier molecular flexibility index (Phi) is 7.60. The number of methoxy groups -OCH3 is 3. The van der Waals surface area contributed by atoms with Gasteiger partial charge in [0.2, 0.25) is 5.91 Å². The molecule has 4 N–H and O–H groups in total. The number of carbonyl (C=O) groups excluding carboxylic acids is 1. The number of ether oxygens (including phenoxy) is 3. The van der Waals surface area contributed by atoms with Crippen LogP contribution in [0.15, 0.2) is 72.8 Å². The molecule has 5 unspecified atom stereocenters. The van der Waals surface area contributed by atoms with Crippen molar-refractivity contribution in [2.75, 3.05) is 21.3 Å². The summed E-state index contributed by atoms with van der Waals surface area (Å²) < 4.78 is 16.8. The molecule has 0 aliphatic carbocycles. The summed E-state index contributed by atoms with van der Waals surface area (Å²) in [7, 11) is 4.86. The van der Waals surface area contributed by atoms with Gasteiger partial charge in [-0.05, 0) is 23.6 Å². The zero-order chi connectivity index (χ0) is 25.8. The summed E-state index contributed by atoms with van der Waals surface area (Å²) in [4.78, 5) is 13.8. The van der Waals surface area contributed by atoms with Gasteiger partial charge in [0.1, 0.15) is 5.75 Å².